The van der Waals surface area contributed by atoms with Crippen LogP contribution in [0.2, 0.25) is 0 Å². The van der Waals surface area contributed by atoms with Crippen LogP contribution in [-0.4, -0.2) is 20.1 Å². The highest BCUT2D eigenvalue weighted by Crippen LogP contribution is 2.08. The Bertz CT molecular complexity index is 343. The van der Waals surface area contributed by atoms with Crippen molar-refractivity contribution in [2.45, 2.75) is 51.5 Å². The summed E-state index contributed by atoms with van der Waals surface area (Å²) in [4.78, 5) is 3.87. The van der Waals surface area contributed by atoms with Crippen LogP contribution in [-0.2, 0) is 6.54 Å². The average Bonchev–Trinajstić information content (AvgIpc) is 2.80. The molecule has 0 aliphatic rings. The van der Waals surface area contributed by atoms with Crippen molar-refractivity contribution in [3.8, 4) is 6.07 Å². The van der Waals surface area contributed by atoms with Gasteiger partial charge in [-0.15, -0.1) is 5.10 Å². The van der Waals surface area contributed by atoms with Gasteiger partial charge >= 0.3 is 0 Å². The lowest BCUT2D eigenvalue weighted by molar-refractivity contribution is 0.522. The van der Waals surface area contributed by atoms with E-state index in [1.165, 1.54) is 38.5 Å². The summed E-state index contributed by atoms with van der Waals surface area (Å²) in [6.45, 7) is 0.871. The molecule has 0 saturated carbocycles. The summed E-state index contributed by atoms with van der Waals surface area (Å²) in [6, 6.07) is 1.93. The molecule has 0 saturated heterocycles. The van der Waals surface area contributed by atoms with Gasteiger partial charge in [0.1, 0.15) is 12.4 Å². The van der Waals surface area contributed by atoms with E-state index < -0.39 is 0 Å². The fourth-order valence-electron chi connectivity index (χ4n) is 1.71. The summed E-state index contributed by atoms with van der Waals surface area (Å²) in [7, 11) is 0. The molecule has 0 unspecified atom stereocenters. The molecule has 0 fully saturated rings. The molecule has 17 heavy (non-hydrogen) atoms. The van der Waals surface area contributed by atoms with Crippen LogP contribution in [0, 0.1) is 11.3 Å². The van der Waals surface area contributed by atoms with E-state index in [4.69, 9.17) is 5.26 Å². The van der Waals surface area contributed by atoms with Crippen LogP contribution < -0.4 is 0 Å². The smallest absolute Gasteiger partial charge is 0.252 e. The Morgan fingerprint density at radius 1 is 1.12 bits per heavy atom. The monoisotopic (exact) mass is 298 g/mol. The average molecular weight is 299 g/mol. The molecule has 0 aliphatic heterocycles. The van der Waals surface area contributed by atoms with Crippen LogP contribution in [0.1, 0.15) is 50.8 Å². The number of halogens is 1. The zero-order valence-electron chi connectivity index (χ0n) is 10.1. The maximum absolute atomic E-state index is 8.57. The van der Waals surface area contributed by atoms with Gasteiger partial charge in [-0.05, 0) is 12.8 Å². The number of hydrogen-bond acceptors (Lipinski definition) is 3. The molecule has 4 nitrogen and oxygen atoms in total. The van der Waals surface area contributed by atoms with Crippen LogP contribution in [0.3, 0.4) is 0 Å². The molecular weight excluding hydrogens is 280 g/mol. The molecule has 0 radical (unpaired) electrons. The third kappa shape index (κ3) is 6.42. The number of alkyl halides is 1. The highest BCUT2D eigenvalue weighted by molar-refractivity contribution is 9.09. The van der Waals surface area contributed by atoms with Crippen molar-refractivity contribution in [2.24, 2.45) is 0 Å². The number of aryl methyl sites for hydroxylation is 1. The van der Waals surface area contributed by atoms with Crippen molar-refractivity contribution >= 4 is 15.9 Å². The Kier molecular flexibility index (Phi) is 7.65. The molecule has 0 amide bonds. The van der Waals surface area contributed by atoms with Crippen LogP contribution >= 0.6 is 15.9 Å². The van der Waals surface area contributed by atoms with E-state index >= 15 is 0 Å². The zero-order valence-corrected chi connectivity index (χ0v) is 11.7. The highest BCUT2D eigenvalue weighted by atomic mass is 79.9. The quantitative estimate of drug-likeness (QED) is 0.519. The number of hydrogen-bond donors (Lipinski definition) is 0. The van der Waals surface area contributed by atoms with E-state index in [1.54, 1.807) is 11.0 Å². The zero-order chi connectivity index (χ0) is 12.3. The van der Waals surface area contributed by atoms with Gasteiger partial charge in [-0.1, -0.05) is 48.0 Å². The summed E-state index contributed by atoms with van der Waals surface area (Å²) in [6.07, 6.45) is 10.6. The van der Waals surface area contributed by atoms with Gasteiger partial charge in [0.25, 0.3) is 5.82 Å². The van der Waals surface area contributed by atoms with Crippen LogP contribution in [0.4, 0.5) is 0 Å². The molecule has 5 heteroatoms. The Labute approximate surface area is 111 Å². The van der Waals surface area contributed by atoms with Crippen LogP contribution in [0.25, 0.3) is 0 Å². The Hall–Kier alpha value is -0.890. The number of rotatable bonds is 9. The normalized spacial score (nSPS) is 10.4. The van der Waals surface area contributed by atoms with E-state index in [0.29, 0.717) is 0 Å². The maximum Gasteiger partial charge on any atom is 0.252 e. The minimum Gasteiger partial charge on any atom is -0.252 e. The van der Waals surface area contributed by atoms with E-state index in [1.807, 2.05) is 6.07 Å². The molecule has 0 aliphatic carbocycles. The summed E-state index contributed by atoms with van der Waals surface area (Å²) in [5.74, 6) is 0.264. The lowest BCUT2D eigenvalue weighted by Crippen LogP contribution is -1.98. The lowest BCUT2D eigenvalue weighted by Gasteiger charge is -2.01. The second-order valence-corrected chi connectivity index (χ2v) is 4.90. The van der Waals surface area contributed by atoms with E-state index in [0.717, 1.165) is 18.3 Å². The van der Waals surface area contributed by atoms with E-state index in [2.05, 4.69) is 26.0 Å². The molecule has 0 N–H and O–H groups in total. The summed E-state index contributed by atoms with van der Waals surface area (Å²) in [5.41, 5.74) is 0. The van der Waals surface area contributed by atoms with E-state index in [-0.39, 0.29) is 5.82 Å². The van der Waals surface area contributed by atoms with Crippen molar-refractivity contribution in [3.63, 3.8) is 0 Å². The first-order chi connectivity index (χ1) is 8.36. The van der Waals surface area contributed by atoms with Gasteiger partial charge in [0.15, 0.2) is 0 Å². The Morgan fingerprint density at radius 2 is 1.76 bits per heavy atom. The van der Waals surface area contributed by atoms with Crippen molar-refractivity contribution < 1.29 is 0 Å². The predicted octanol–water partition coefficient (Wildman–Crippen LogP) is 3.28. The second kappa shape index (κ2) is 9.17. The van der Waals surface area contributed by atoms with Gasteiger partial charge in [0.05, 0.1) is 0 Å². The molecule has 1 aromatic heterocycles. The molecule has 94 valence electrons. The van der Waals surface area contributed by atoms with Gasteiger partial charge in [-0.2, -0.15) is 5.26 Å². The third-order valence-electron chi connectivity index (χ3n) is 2.66. The van der Waals surface area contributed by atoms with E-state index in [9.17, 15) is 0 Å². The summed E-state index contributed by atoms with van der Waals surface area (Å²) in [5, 5.41) is 13.7. The van der Waals surface area contributed by atoms with Gasteiger partial charge in [0, 0.05) is 11.9 Å². The van der Waals surface area contributed by atoms with Crippen molar-refractivity contribution in [2.75, 3.05) is 5.33 Å². The van der Waals surface area contributed by atoms with Gasteiger partial charge in [0.2, 0.25) is 0 Å². The summed E-state index contributed by atoms with van der Waals surface area (Å²) >= 11 is 3.44. The Balaban J connectivity index is 1.95. The lowest BCUT2D eigenvalue weighted by atomic mass is 10.1. The maximum atomic E-state index is 8.57. The third-order valence-corrected chi connectivity index (χ3v) is 3.22. The molecule has 0 bridgehead atoms. The molecular formula is C12H19BrN4. The number of nitriles is 1. The van der Waals surface area contributed by atoms with Crippen molar-refractivity contribution in [3.05, 3.63) is 12.2 Å². The molecule has 1 aromatic rings. The SMILES string of the molecule is N#Cc1ncn(CCCCCCCCCBr)n1. The van der Waals surface area contributed by atoms with Gasteiger partial charge in [-0.3, -0.25) is 4.68 Å². The molecule has 0 aromatic carbocycles. The number of unbranched alkanes of at least 4 members (excludes halogenated alkanes) is 6. The molecule has 0 spiro atoms. The Morgan fingerprint density at radius 3 is 2.35 bits per heavy atom. The van der Waals surface area contributed by atoms with Gasteiger partial charge in [-0.25, -0.2) is 4.98 Å². The number of aromatic nitrogens is 3. The minimum absolute atomic E-state index is 0.264. The first-order valence-electron chi connectivity index (χ1n) is 6.22. The first kappa shape index (κ1) is 14.2. The van der Waals surface area contributed by atoms with Crippen molar-refractivity contribution in [1.29, 1.82) is 5.26 Å². The fourth-order valence-corrected chi connectivity index (χ4v) is 2.10. The highest BCUT2D eigenvalue weighted by Gasteiger charge is 1.98. The summed E-state index contributed by atoms with van der Waals surface area (Å²) < 4.78 is 1.75. The van der Waals surface area contributed by atoms with Crippen LogP contribution in [0.15, 0.2) is 6.33 Å². The minimum atomic E-state index is 0.264. The van der Waals surface area contributed by atoms with Gasteiger partial charge < -0.3 is 0 Å². The number of nitrogens with zero attached hydrogens (tertiary/aromatic N) is 4. The second-order valence-electron chi connectivity index (χ2n) is 4.11. The van der Waals surface area contributed by atoms with Crippen molar-refractivity contribution in [1.82, 2.24) is 14.8 Å². The molecule has 1 rings (SSSR count). The standard InChI is InChI=1S/C12H19BrN4/c13-8-6-4-2-1-3-5-7-9-17-11-15-12(10-14)16-17/h11H,1-9H2. The first-order valence-corrected chi connectivity index (χ1v) is 7.34. The predicted molar refractivity (Wildman–Crippen MR) is 70.9 cm³/mol. The molecule has 0 atom stereocenters. The largest absolute Gasteiger partial charge is 0.252 e. The fraction of sp³-hybridized carbons (Fsp3) is 0.750. The van der Waals surface area contributed by atoms with Crippen LogP contribution in [0.5, 0.6) is 0 Å². The topological polar surface area (TPSA) is 54.5 Å². The molecule has 1 heterocycles.